The van der Waals surface area contributed by atoms with Crippen LogP contribution in [0.15, 0.2) is 4.99 Å². The summed E-state index contributed by atoms with van der Waals surface area (Å²) in [6, 6.07) is -2.94. The number of nitrogens with zero attached hydrogens (tertiary/aromatic N) is 1. The maximum atomic E-state index is 10.2. The molecule has 216 valence electrons. The molecule has 18 N–H and O–H groups in total. The minimum atomic E-state index is -1.17. The van der Waals surface area contributed by atoms with Gasteiger partial charge in [0.15, 0.2) is 5.96 Å². The zero-order valence-corrected chi connectivity index (χ0v) is 19.9. The Morgan fingerprint density at radius 3 is 1.11 bits per heavy atom. The van der Waals surface area contributed by atoms with Crippen molar-refractivity contribution in [1.82, 2.24) is 0 Å². The van der Waals surface area contributed by atoms with E-state index in [1.807, 2.05) is 0 Å². The first-order valence-electron chi connectivity index (χ1n) is 10.2. The summed E-state index contributed by atoms with van der Waals surface area (Å²) in [5.41, 5.74) is 29.9. The van der Waals surface area contributed by atoms with Crippen LogP contribution >= 0.6 is 0 Å². The van der Waals surface area contributed by atoms with Crippen LogP contribution in [0.2, 0.25) is 0 Å². The molecule has 0 saturated carbocycles. The standard InChI is InChI=1S/C6H14N4O2.2C5H9NO4.C2H5NO2/c7-4(5(11)12)2-1-3-10-6(8)9;2*6-3(5(9)10)1-2-4(7)8;3-1-2(4)5/h4H,1-3,7H2,(H,11,12)(H4,8,9,10);2*3H,1-2,6H2,(H,7,8)(H,9,10);1,3H2,(H,4,5)/t4-;2*3-;/m000./s1. The van der Waals surface area contributed by atoms with E-state index in [-0.39, 0.29) is 38.2 Å². The Kier molecular flexibility index (Phi) is 27.1. The number of hydrogen-bond acceptors (Lipinski definition) is 11. The highest BCUT2D eigenvalue weighted by atomic mass is 16.4. The summed E-state index contributed by atoms with van der Waals surface area (Å²) in [7, 11) is 0. The topological polar surface area (TPSA) is 392 Å². The number of nitrogens with two attached hydrogens (primary N) is 6. The van der Waals surface area contributed by atoms with Gasteiger partial charge in [-0.2, -0.15) is 0 Å². The Bertz CT molecular complexity index is 711. The number of carboxylic acid groups (broad SMARTS) is 6. The molecule has 37 heavy (non-hydrogen) atoms. The maximum Gasteiger partial charge on any atom is 0.320 e. The van der Waals surface area contributed by atoms with E-state index in [4.69, 9.17) is 59.3 Å². The van der Waals surface area contributed by atoms with Crippen LogP contribution in [0.4, 0.5) is 0 Å². The molecule has 0 aromatic heterocycles. The molecule has 3 atom stereocenters. The van der Waals surface area contributed by atoms with Gasteiger partial charge >= 0.3 is 35.8 Å². The van der Waals surface area contributed by atoms with E-state index in [2.05, 4.69) is 10.7 Å². The van der Waals surface area contributed by atoms with Gasteiger partial charge < -0.3 is 65.0 Å². The van der Waals surface area contributed by atoms with Crippen LogP contribution in [0.3, 0.4) is 0 Å². The van der Waals surface area contributed by atoms with Crippen LogP contribution in [0.1, 0.15) is 38.5 Å². The largest absolute Gasteiger partial charge is 0.481 e. The molecular weight excluding hydrogens is 506 g/mol. The van der Waals surface area contributed by atoms with Gasteiger partial charge in [-0.25, -0.2) is 0 Å². The fraction of sp³-hybridized carbons (Fsp3) is 0.611. The molecule has 0 amide bonds. The lowest BCUT2D eigenvalue weighted by molar-refractivity contribution is -0.141. The third-order valence-electron chi connectivity index (χ3n) is 3.43. The van der Waals surface area contributed by atoms with E-state index >= 15 is 0 Å². The average Bonchev–Trinajstić information content (AvgIpc) is 2.79. The highest BCUT2D eigenvalue weighted by Gasteiger charge is 2.13. The molecule has 0 heterocycles. The second-order valence-corrected chi connectivity index (χ2v) is 6.75. The van der Waals surface area contributed by atoms with Crippen molar-refractivity contribution in [1.29, 1.82) is 0 Å². The molecule has 0 aliphatic carbocycles. The molecule has 0 aliphatic rings. The fourth-order valence-corrected chi connectivity index (χ4v) is 1.45. The second-order valence-electron chi connectivity index (χ2n) is 6.75. The fourth-order valence-electron chi connectivity index (χ4n) is 1.45. The van der Waals surface area contributed by atoms with Crippen LogP contribution in [0.25, 0.3) is 0 Å². The molecule has 0 unspecified atom stereocenters. The second kappa shape index (κ2) is 25.0. The van der Waals surface area contributed by atoms with Crippen molar-refractivity contribution in [3.63, 3.8) is 0 Å². The third-order valence-corrected chi connectivity index (χ3v) is 3.43. The maximum absolute atomic E-state index is 10.2. The summed E-state index contributed by atoms with van der Waals surface area (Å²) in [6.07, 6.45) is 0.508. The number of carboxylic acids is 6. The number of rotatable bonds is 14. The van der Waals surface area contributed by atoms with Gasteiger partial charge in [0.1, 0.15) is 18.1 Å². The molecule has 0 rings (SSSR count). The number of hydrogen-bond donors (Lipinski definition) is 12. The van der Waals surface area contributed by atoms with E-state index in [9.17, 15) is 28.8 Å². The Balaban J connectivity index is -0.000000203. The zero-order valence-electron chi connectivity index (χ0n) is 19.9. The normalized spacial score (nSPS) is 11.7. The van der Waals surface area contributed by atoms with E-state index < -0.39 is 53.9 Å². The molecular formula is C18H37N7O12. The third kappa shape index (κ3) is 39.4. The number of carbonyl (C=O) groups is 6. The predicted octanol–water partition coefficient (Wildman–Crippen LogP) is -3.99. The molecule has 0 aromatic carbocycles. The van der Waals surface area contributed by atoms with Crippen LogP contribution in [-0.4, -0.2) is 104 Å². The Morgan fingerprint density at radius 2 is 0.892 bits per heavy atom. The lowest BCUT2D eigenvalue weighted by Crippen LogP contribution is -2.30. The molecule has 19 heteroatoms. The van der Waals surface area contributed by atoms with Crippen molar-refractivity contribution in [2.45, 2.75) is 56.7 Å². The van der Waals surface area contributed by atoms with Gasteiger partial charge in [0.2, 0.25) is 0 Å². The van der Waals surface area contributed by atoms with Crippen molar-refractivity contribution in [3.8, 4) is 0 Å². The number of guanidine groups is 1. The Morgan fingerprint density at radius 1 is 0.595 bits per heavy atom. The van der Waals surface area contributed by atoms with E-state index in [1.165, 1.54) is 0 Å². The van der Waals surface area contributed by atoms with Crippen LogP contribution in [-0.2, 0) is 28.8 Å². The van der Waals surface area contributed by atoms with Crippen molar-refractivity contribution in [3.05, 3.63) is 0 Å². The summed E-state index contributed by atoms with van der Waals surface area (Å²) in [4.78, 5) is 62.9. The first-order valence-corrected chi connectivity index (χ1v) is 10.2. The summed E-state index contributed by atoms with van der Waals surface area (Å²) in [6.45, 7) is 0.142. The Labute approximate surface area is 211 Å². The highest BCUT2D eigenvalue weighted by Crippen LogP contribution is 1.95. The summed E-state index contributed by atoms with van der Waals surface area (Å²) in [5, 5.41) is 48.5. The van der Waals surface area contributed by atoms with E-state index in [1.54, 1.807) is 0 Å². The zero-order chi connectivity index (χ0) is 30.1. The molecule has 0 spiro atoms. The van der Waals surface area contributed by atoms with Gasteiger partial charge in [0.05, 0.1) is 6.54 Å². The molecule has 0 bridgehead atoms. The smallest absolute Gasteiger partial charge is 0.320 e. The van der Waals surface area contributed by atoms with Crippen molar-refractivity contribution < 1.29 is 59.4 Å². The minimum Gasteiger partial charge on any atom is -0.481 e. The number of aliphatic imine (C=N–C) groups is 1. The van der Waals surface area contributed by atoms with E-state index in [0.717, 1.165) is 0 Å². The van der Waals surface area contributed by atoms with Gasteiger partial charge in [0, 0.05) is 19.4 Å². The van der Waals surface area contributed by atoms with Crippen molar-refractivity contribution in [2.24, 2.45) is 39.4 Å². The lowest BCUT2D eigenvalue weighted by atomic mass is 10.2. The summed E-state index contributed by atoms with van der Waals surface area (Å²) < 4.78 is 0. The lowest BCUT2D eigenvalue weighted by Gasteiger charge is -2.03. The average molecular weight is 544 g/mol. The highest BCUT2D eigenvalue weighted by molar-refractivity contribution is 5.76. The number of aliphatic carboxylic acids is 6. The molecule has 0 aliphatic heterocycles. The van der Waals surface area contributed by atoms with Crippen LogP contribution in [0, 0.1) is 0 Å². The van der Waals surface area contributed by atoms with Gasteiger partial charge in [-0.3, -0.25) is 33.8 Å². The first kappa shape index (κ1) is 40.1. The molecule has 0 fully saturated rings. The molecule has 0 saturated heterocycles. The molecule has 19 nitrogen and oxygen atoms in total. The molecule has 0 aromatic rings. The van der Waals surface area contributed by atoms with Gasteiger partial charge in [-0.15, -0.1) is 0 Å². The Hall–Kier alpha value is -4.07. The quantitative estimate of drug-likeness (QED) is 0.0563. The van der Waals surface area contributed by atoms with Gasteiger partial charge in [0.25, 0.3) is 0 Å². The monoisotopic (exact) mass is 543 g/mol. The summed E-state index contributed by atoms with van der Waals surface area (Å²) >= 11 is 0. The minimum absolute atomic E-state index is 0.0129. The molecule has 0 radical (unpaired) electrons. The van der Waals surface area contributed by atoms with Crippen LogP contribution < -0.4 is 34.4 Å². The van der Waals surface area contributed by atoms with Crippen molar-refractivity contribution >= 4 is 41.8 Å². The summed E-state index contributed by atoms with van der Waals surface area (Å²) in [5.74, 6) is -6.35. The van der Waals surface area contributed by atoms with Gasteiger partial charge in [-0.05, 0) is 25.7 Å². The van der Waals surface area contributed by atoms with Crippen LogP contribution in [0.5, 0.6) is 0 Å². The first-order chi connectivity index (χ1) is 16.9. The van der Waals surface area contributed by atoms with Crippen molar-refractivity contribution in [2.75, 3.05) is 13.1 Å². The van der Waals surface area contributed by atoms with E-state index in [0.29, 0.717) is 19.4 Å². The van der Waals surface area contributed by atoms with Gasteiger partial charge in [-0.1, -0.05) is 0 Å². The SMILES string of the molecule is NC(N)=NCCC[C@H](N)C(=O)O.NCC(=O)O.N[C@@H](CCC(=O)O)C(=O)O.N[C@@H](CCC(=O)O)C(=O)O. The predicted molar refractivity (Wildman–Crippen MR) is 127 cm³/mol.